The lowest BCUT2D eigenvalue weighted by Crippen LogP contribution is -2.21. The van der Waals surface area contributed by atoms with Crippen LogP contribution in [-0.2, 0) is 6.42 Å². The summed E-state index contributed by atoms with van der Waals surface area (Å²) in [5.41, 5.74) is 6.97. The Balaban J connectivity index is 2.81. The summed E-state index contributed by atoms with van der Waals surface area (Å²) in [6.45, 7) is 2.08. The van der Waals surface area contributed by atoms with Crippen molar-refractivity contribution in [2.24, 2.45) is 5.73 Å². The van der Waals surface area contributed by atoms with Crippen LogP contribution >= 0.6 is 27.5 Å². The lowest BCUT2D eigenvalue weighted by molar-refractivity contribution is 0.646. The summed E-state index contributed by atoms with van der Waals surface area (Å²) in [4.78, 5) is 0. The van der Waals surface area contributed by atoms with E-state index in [2.05, 4.69) is 22.9 Å². The molecule has 3 heteroatoms. The normalized spacial score (nSPS) is 12.9. The molecule has 0 spiro atoms. The summed E-state index contributed by atoms with van der Waals surface area (Å²) < 4.78 is 1.05. The van der Waals surface area contributed by atoms with Crippen LogP contribution in [0, 0.1) is 0 Å². The minimum absolute atomic E-state index is 0.201. The number of halogens is 2. The first-order chi connectivity index (χ1) is 6.13. The van der Waals surface area contributed by atoms with E-state index in [-0.39, 0.29) is 6.04 Å². The molecule has 1 atom stereocenters. The highest BCUT2D eigenvalue weighted by molar-refractivity contribution is 9.10. The average Bonchev–Trinajstić information content (AvgIpc) is 2.11. The van der Waals surface area contributed by atoms with E-state index >= 15 is 0 Å². The lowest BCUT2D eigenvalue weighted by atomic mass is 10.1. The SMILES string of the molecule is CCC(N)Cc1cc(Br)ccc1Cl. The smallest absolute Gasteiger partial charge is 0.0439 e. The van der Waals surface area contributed by atoms with Crippen LogP contribution in [0.4, 0.5) is 0 Å². The van der Waals surface area contributed by atoms with E-state index in [4.69, 9.17) is 17.3 Å². The Morgan fingerprint density at radius 1 is 1.54 bits per heavy atom. The zero-order valence-electron chi connectivity index (χ0n) is 7.56. The summed E-state index contributed by atoms with van der Waals surface area (Å²) >= 11 is 9.43. The molecule has 13 heavy (non-hydrogen) atoms. The Morgan fingerprint density at radius 2 is 2.23 bits per heavy atom. The molecular weight excluding hydrogens is 249 g/mol. The van der Waals surface area contributed by atoms with Gasteiger partial charge >= 0.3 is 0 Å². The minimum atomic E-state index is 0.201. The molecule has 0 aromatic heterocycles. The van der Waals surface area contributed by atoms with Crippen molar-refractivity contribution >= 4 is 27.5 Å². The van der Waals surface area contributed by atoms with Crippen molar-refractivity contribution in [1.82, 2.24) is 0 Å². The first-order valence-corrected chi connectivity index (χ1v) is 5.50. The Bertz CT molecular complexity index is 288. The largest absolute Gasteiger partial charge is 0.327 e. The molecule has 0 heterocycles. The third-order valence-electron chi connectivity index (χ3n) is 2.01. The fourth-order valence-corrected chi connectivity index (χ4v) is 1.73. The second-order valence-corrected chi connectivity index (χ2v) is 4.43. The zero-order chi connectivity index (χ0) is 9.84. The third-order valence-corrected chi connectivity index (χ3v) is 2.88. The van der Waals surface area contributed by atoms with Gasteiger partial charge in [0.25, 0.3) is 0 Å². The molecule has 0 aliphatic rings. The maximum absolute atomic E-state index is 6.02. The number of hydrogen-bond donors (Lipinski definition) is 1. The van der Waals surface area contributed by atoms with Gasteiger partial charge < -0.3 is 5.73 Å². The Hall–Kier alpha value is -0.0500. The first kappa shape index (κ1) is 11.0. The number of nitrogens with two attached hydrogens (primary N) is 1. The first-order valence-electron chi connectivity index (χ1n) is 4.33. The molecule has 2 N–H and O–H groups in total. The summed E-state index contributed by atoms with van der Waals surface area (Å²) in [6, 6.07) is 6.05. The van der Waals surface area contributed by atoms with Gasteiger partial charge in [0, 0.05) is 15.5 Å². The predicted molar refractivity (Wildman–Crippen MR) is 61.1 cm³/mol. The molecule has 0 aliphatic carbocycles. The van der Waals surface area contributed by atoms with Crippen LogP contribution in [0.5, 0.6) is 0 Å². The Kier molecular flexibility index (Phi) is 4.23. The van der Waals surface area contributed by atoms with Crippen molar-refractivity contribution in [2.45, 2.75) is 25.8 Å². The van der Waals surface area contributed by atoms with Gasteiger partial charge in [0.1, 0.15) is 0 Å². The molecule has 72 valence electrons. The molecule has 1 aromatic rings. The van der Waals surface area contributed by atoms with Gasteiger partial charge in [-0.25, -0.2) is 0 Å². The quantitative estimate of drug-likeness (QED) is 0.888. The van der Waals surface area contributed by atoms with Gasteiger partial charge in [-0.15, -0.1) is 0 Å². The van der Waals surface area contributed by atoms with Crippen LogP contribution in [0.15, 0.2) is 22.7 Å². The van der Waals surface area contributed by atoms with Crippen molar-refractivity contribution < 1.29 is 0 Å². The highest BCUT2D eigenvalue weighted by Crippen LogP contribution is 2.22. The van der Waals surface area contributed by atoms with E-state index in [1.807, 2.05) is 18.2 Å². The van der Waals surface area contributed by atoms with Gasteiger partial charge in [-0.2, -0.15) is 0 Å². The lowest BCUT2D eigenvalue weighted by Gasteiger charge is -2.10. The Labute approximate surface area is 92.4 Å². The average molecular weight is 263 g/mol. The van der Waals surface area contributed by atoms with E-state index in [0.29, 0.717) is 0 Å². The zero-order valence-corrected chi connectivity index (χ0v) is 9.90. The second kappa shape index (κ2) is 4.99. The molecule has 0 bridgehead atoms. The topological polar surface area (TPSA) is 26.0 Å². The molecule has 0 aliphatic heterocycles. The van der Waals surface area contributed by atoms with E-state index in [9.17, 15) is 0 Å². The summed E-state index contributed by atoms with van der Waals surface area (Å²) in [5.74, 6) is 0. The Morgan fingerprint density at radius 3 is 2.85 bits per heavy atom. The number of benzene rings is 1. The van der Waals surface area contributed by atoms with Gasteiger partial charge in [-0.3, -0.25) is 0 Å². The third kappa shape index (κ3) is 3.29. The van der Waals surface area contributed by atoms with E-state index < -0.39 is 0 Å². The fraction of sp³-hybridized carbons (Fsp3) is 0.400. The summed E-state index contributed by atoms with van der Waals surface area (Å²) in [6.07, 6.45) is 1.82. The van der Waals surface area contributed by atoms with Crippen LogP contribution in [0.3, 0.4) is 0 Å². The van der Waals surface area contributed by atoms with Gasteiger partial charge in [-0.1, -0.05) is 34.5 Å². The molecule has 0 radical (unpaired) electrons. The highest BCUT2D eigenvalue weighted by atomic mass is 79.9. The van der Waals surface area contributed by atoms with E-state index in [1.165, 1.54) is 0 Å². The standard InChI is InChI=1S/C10H13BrClN/c1-2-9(13)6-7-5-8(11)3-4-10(7)12/h3-5,9H,2,6,13H2,1H3. The molecule has 0 saturated heterocycles. The molecule has 0 amide bonds. The molecule has 1 aromatic carbocycles. The maximum atomic E-state index is 6.02. The molecule has 0 saturated carbocycles. The summed E-state index contributed by atoms with van der Waals surface area (Å²) in [7, 11) is 0. The second-order valence-electron chi connectivity index (χ2n) is 3.11. The number of rotatable bonds is 3. The molecule has 0 fully saturated rings. The van der Waals surface area contributed by atoms with Gasteiger partial charge in [0.05, 0.1) is 0 Å². The van der Waals surface area contributed by atoms with Crippen LogP contribution in [0.2, 0.25) is 5.02 Å². The maximum Gasteiger partial charge on any atom is 0.0439 e. The van der Waals surface area contributed by atoms with Gasteiger partial charge in [0.2, 0.25) is 0 Å². The van der Waals surface area contributed by atoms with Crippen molar-refractivity contribution in [2.75, 3.05) is 0 Å². The van der Waals surface area contributed by atoms with Crippen molar-refractivity contribution in [1.29, 1.82) is 0 Å². The fourth-order valence-electron chi connectivity index (χ4n) is 1.13. The highest BCUT2D eigenvalue weighted by Gasteiger charge is 2.05. The van der Waals surface area contributed by atoms with Gasteiger partial charge in [-0.05, 0) is 36.6 Å². The van der Waals surface area contributed by atoms with Crippen molar-refractivity contribution in [3.8, 4) is 0 Å². The molecule has 1 nitrogen and oxygen atoms in total. The van der Waals surface area contributed by atoms with Crippen LogP contribution in [0.25, 0.3) is 0 Å². The minimum Gasteiger partial charge on any atom is -0.327 e. The van der Waals surface area contributed by atoms with E-state index in [1.54, 1.807) is 0 Å². The monoisotopic (exact) mass is 261 g/mol. The number of hydrogen-bond acceptors (Lipinski definition) is 1. The summed E-state index contributed by atoms with van der Waals surface area (Å²) in [5, 5.41) is 0.798. The van der Waals surface area contributed by atoms with Crippen LogP contribution in [0.1, 0.15) is 18.9 Å². The predicted octanol–water partition coefficient (Wildman–Crippen LogP) is 3.38. The molecule has 1 rings (SSSR count). The van der Waals surface area contributed by atoms with Crippen LogP contribution < -0.4 is 5.73 Å². The van der Waals surface area contributed by atoms with E-state index in [0.717, 1.165) is 27.9 Å². The van der Waals surface area contributed by atoms with Crippen molar-refractivity contribution in [3.63, 3.8) is 0 Å². The van der Waals surface area contributed by atoms with Crippen molar-refractivity contribution in [3.05, 3.63) is 33.3 Å². The van der Waals surface area contributed by atoms with Crippen LogP contribution in [-0.4, -0.2) is 6.04 Å². The molecule has 1 unspecified atom stereocenters. The molecular formula is C10H13BrClN. The van der Waals surface area contributed by atoms with Gasteiger partial charge in [0.15, 0.2) is 0 Å².